The molecule has 1 rings (SSSR count). The van der Waals surface area contributed by atoms with Crippen LogP contribution in [-0.4, -0.2) is 29.1 Å². The molecule has 5 nitrogen and oxygen atoms in total. The Morgan fingerprint density at radius 3 is 2.56 bits per heavy atom. The Morgan fingerprint density at radius 2 is 2.00 bits per heavy atom. The lowest BCUT2D eigenvalue weighted by Crippen LogP contribution is -2.24. The first-order valence-electron chi connectivity index (χ1n) is 4.48. The quantitative estimate of drug-likeness (QED) is 0.746. The van der Waals surface area contributed by atoms with E-state index in [0.29, 0.717) is 5.69 Å². The van der Waals surface area contributed by atoms with Crippen molar-refractivity contribution in [3.05, 3.63) is 36.4 Å². The van der Waals surface area contributed by atoms with Crippen LogP contribution in [0, 0.1) is 0 Å². The maximum Gasteiger partial charge on any atom is 0.328 e. The van der Waals surface area contributed by atoms with E-state index in [1.807, 2.05) is 0 Å². The van der Waals surface area contributed by atoms with Gasteiger partial charge in [0, 0.05) is 31.0 Å². The van der Waals surface area contributed by atoms with Gasteiger partial charge in [-0.05, 0) is 12.1 Å². The van der Waals surface area contributed by atoms with E-state index in [1.54, 1.807) is 12.1 Å². The molecule has 0 radical (unpaired) electrons. The maximum absolute atomic E-state index is 11.5. The number of phenols is 1. The summed E-state index contributed by atoms with van der Waals surface area (Å²) in [5, 5.41) is 17.6. The zero-order valence-corrected chi connectivity index (χ0v) is 8.62. The highest BCUT2D eigenvalue weighted by molar-refractivity contribution is 6.03. The number of aliphatic carboxylic acids is 1. The molecule has 0 heterocycles. The van der Waals surface area contributed by atoms with Crippen LogP contribution in [0.2, 0.25) is 0 Å². The van der Waals surface area contributed by atoms with Crippen molar-refractivity contribution in [1.29, 1.82) is 0 Å². The zero-order valence-electron chi connectivity index (χ0n) is 8.62. The van der Waals surface area contributed by atoms with Crippen LogP contribution in [0.5, 0.6) is 5.75 Å². The van der Waals surface area contributed by atoms with Crippen LogP contribution >= 0.6 is 0 Å². The molecule has 16 heavy (non-hydrogen) atoms. The molecule has 0 saturated heterocycles. The molecule has 1 aromatic carbocycles. The van der Waals surface area contributed by atoms with Gasteiger partial charge in [0.05, 0.1) is 0 Å². The van der Waals surface area contributed by atoms with Crippen LogP contribution in [0.15, 0.2) is 36.4 Å². The number of amides is 1. The van der Waals surface area contributed by atoms with Crippen LogP contribution in [0.25, 0.3) is 0 Å². The molecule has 2 N–H and O–H groups in total. The van der Waals surface area contributed by atoms with Gasteiger partial charge in [0.1, 0.15) is 5.75 Å². The smallest absolute Gasteiger partial charge is 0.328 e. The van der Waals surface area contributed by atoms with Gasteiger partial charge in [0.25, 0.3) is 5.91 Å². The molecule has 0 saturated carbocycles. The molecule has 0 atom stereocenters. The predicted molar refractivity (Wildman–Crippen MR) is 58.3 cm³/mol. The van der Waals surface area contributed by atoms with Crippen molar-refractivity contribution in [2.45, 2.75) is 0 Å². The summed E-state index contributed by atoms with van der Waals surface area (Å²) in [6.45, 7) is 0. The van der Waals surface area contributed by atoms with Crippen molar-refractivity contribution in [1.82, 2.24) is 0 Å². The Bertz CT molecular complexity index is 439. The minimum Gasteiger partial charge on any atom is -0.508 e. The highest BCUT2D eigenvalue weighted by Gasteiger charge is 2.08. The third-order valence-electron chi connectivity index (χ3n) is 1.92. The molecule has 5 heteroatoms. The van der Waals surface area contributed by atoms with Gasteiger partial charge >= 0.3 is 5.97 Å². The molecule has 1 aromatic rings. The summed E-state index contributed by atoms with van der Waals surface area (Å²) < 4.78 is 0. The maximum atomic E-state index is 11.5. The summed E-state index contributed by atoms with van der Waals surface area (Å²) >= 11 is 0. The van der Waals surface area contributed by atoms with Gasteiger partial charge in [-0.25, -0.2) is 4.79 Å². The third kappa shape index (κ3) is 3.13. The average Bonchev–Trinajstić information content (AvgIpc) is 2.24. The molecule has 0 aliphatic rings. The van der Waals surface area contributed by atoms with Crippen molar-refractivity contribution < 1.29 is 19.8 Å². The van der Waals surface area contributed by atoms with Crippen molar-refractivity contribution in [2.75, 3.05) is 11.9 Å². The van der Waals surface area contributed by atoms with E-state index in [-0.39, 0.29) is 5.75 Å². The lowest BCUT2D eigenvalue weighted by Gasteiger charge is -2.14. The number of hydrogen-bond donors (Lipinski definition) is 2. The minimum absolute atomic E-state index is 0.0411. The standard InChI is InChI=1S/C11H11NO4/c1-12(10(14)5-6-11(15)16)8-3-2-4-9(13)7-8/h2-7,13H,1H3,(H,15,16)/b6-5+. The van der Waals surface area contributed by atoms with Gasteiger partial charge in [-0.2, -0.15) is 0 Å². The largest absolute Gasteiger partial charge is 0.508 e. The van der Waals surface area contributed by atoms with Gasteiger partial charge in [0.2, 0.25) is 0 Å². The SMILES string of the molecule is CN(C(=O)/C=C/C(=O)O)c1cccc(O)c1. The van der Waals surface area contributed by atoms with Crippen molar-refractivity contribution in [2.24, 2.45) is 0 Å². The van der Waals surface area contributed by atoms with E-state index >= 15 is 0 Å². The monoisotopic (exact) mass is 221 g/mol. The van der Waals surface area contributed by atoms with Gasteiger partial charge < -0.3 is 15.1 Å². The number of carboxylic acids is 1. The van der Waals surface area contributed by atoms with Crippen molar-refractivity contribution in [3.63, 3.8) is 0 Å². The van der Waals surface area contributed by atoms with E-state index < -0.39 is 11.9 Å². The van der Waals surface area contributed by atoms with Gasteiger partial charge in [-0.1, -0.05) is 6.07 Å². The highest BCUT2D eigenvalue weighted by atomic mass is 16.4. The van der Waals surface area contributed by atoms with E-state index in [2.05, 4.69) is 0 Å². The summed E-state index contributed by atoms with van der Waals surface area (Å²) in [6, 6.07) is 6.11. The lowest BCUT2D eigenvalue weighted by molar-refractivity contribution is -0.131. The summed E-state index contributed by atoms with van der Waals surface area (Å²) in [6.07, 6.45) is 1.72. The van der Waals surface area contributed by atoms with E-state index in [9.17, 15) is 14.7 Å². The molecular formula is C11H11NO4. The fraction of sp³-hybridized carbons (Fsp3) is 0.0909. The summed E-state index contributed by atoms with van der Waals surface area (Å²) in [5.41, 5.74) is 0.486. The fourth-order valence-corrected chi connectivity index (χ4v) is 1.08. The summed E-state index contributed by atoms with van der Waals surface area (Å²) in [4.78, 5) is 22.9. The summed E-state index contributed by atoms with van der Waals surface area (Å²) in [5.74, 6) is -1.62. The number of phenolic OH excluding ortho intramolecular Hbond substituents is 1. The number of likely N-dealkylation sites (N-methyl/N-ethyl adjacent to an activating group) is 1. The van der Waals surface area contributed by atoms with Crippen LogP contribution in [0.3, 0.4) is 0 Å². The molecule has 0 aliphatic heterocycles. The van der Waals surface area contributed by atoms with Gasteiger partial charge in [-0.3, -0.25) is 4.79 Å². The lowest BCUT2D eigenvalue weighted by atomic mass is 10.2. The molecule has 0 bridgehead atoms. The van der Waals surface area contributed by atoms with Crippen LogP contribution in [0.1, 0.15) is 0 Å². The van der Waals surface area contributed by atoms with Crippen LogP contribution in [0.4, 0.5) is 5.69 Å². The number of carbonyl (C=O) groups excluding carboxylic acids is 1. The van der Waals surface area contributed by atoms with E-state index in [1.165, 1.54) is 24.1 Å². The number of rotatable bonds is 3. The molecule has 84 valence electrons. The second-order valence-electron chi connectivity index (χ2n) is 3.09. The van der Waals surface area contributed by atoms with Gasteiger partial charge in [-0.15, -0.1) is 0 Å². The normalized spacial score (nSPS) is 10.3. The Kier molecular flexibility index (Phi) is 3.66. The zero-order chi connectivity index (χ0) is 12.1. The average molecular weight is 221 g/mol. The van der Waals surface area contributed by atoms with E-state index in [0.717, 1.165) is 12.2 Å². The number of carboxylic acid groups (broad SMARTS) is 1. The fourth-order valence-electron chi connectivity index (χ4n) is 1.08. The first kappa shape index (κ1) is 11.8. The number of nitrogens with zero attached hydrogens (tertiary/aromatic N) is 1. The molecule has 0 unspecified atom stereocenters. The number of hydrogen-bond acceptors (Lipinski definition) is 3. The van der Waals surface area contributed by atoms with Gasteiger partial charge in [0.15, 0.2) is 0 Å². The van der Waals surface area contributed by atoms with Crippen molar-refractivity contribution >= 4 is 17.6 Å². The molecule has 0 aliphatic carbocycles. The van der Waals surface area contributed by atoms with Crippen molar-refractivity contribution in [3.8, 4) is 5.75 Å². The Labute approximate surface area is 92.2 Å². The Morgan fingerprint density at radius 1 is 1.31 bits per heavy atom. The topological polar surface area (TPSA) is 77.8 Å². The minimum atomic E-state index is -1.18. The number of benzene rings is 1. The molecule has 0 spiro atoms. The highest BCUT2D eigenvalue weighted by Crippen LogP contribution is 2.18. The second kappa shape index (κ2) is 4.97. The molecule has 1 amide bonds. The first-order valence-corrected chi connectivity index (χ1v) is 4.48. The van der Waals surface area contributed by atoms with E-state index in [4.69, 9.17) is 5.11 Å². The second-order valence-corrected chi connectivity index (χ2v) is 3.09. The molecule has 0 aromatic heterocycles. The Hall–Kier alpha value is -2.30. The molecule has 0 fully saturated rings. The predicted octanol–water partition coefficient (Wildman–Crippen LogP) is 0.996. The number of anilines is 1. The van der Waals surface area contributed by atoms with Crippen LogP contribution < -0.4 is 4.90 Å². The Balaban J connectivity index is 2.82. The number of carbonyl (C=O) groups is 2. The number of aromatic hydroxyl groups is 1. The third-order valence-corrected chi connectivity index (χ3v) is 1.92. The molecular weight excluding hydrogens is 210 g/mol. The first-order chi connectivity index (χ1) is 7.50. The summed E-state index contributed by atoms with van der Waals surface area (Å²) in [7, 11) is 1.49. The van der Waals surface area contributed by atoms with Crippen LogP contribution in [-0.2, 0) is 9.59 Å².